The number of halogens is 1. The summed E-state index contributed by atoms with van der Waals surface area (Å²) in [7, 11) is 0. The van der Waals surface area contributed by atoms with Gasteiger partial charge in [0.25, 0.3) is 0 Å². The number of nitrogens with one attached hydrogen (secondary N) is 2. The van der Waals surface area contributed by atoms with Crippen molar-refractivity contribution in [1.82, 2.24) is 5.32 Å². The van der Waals surface area contributed by atoms with Crippen LogP contribution in [0.3, 0.4) is 0 Å². The Morgan fingerprint density at radius 1 is 1.17 bits per heavy atom. The molecule has 0 radical (unpaired) electrons. The standard InChI is InChI=1S/C18H17ClN2O3/c19-13-3-1-12(2-4-13)11-24-15-7-5-14(6-8-15)20-18(23)16-9-10-17(22)21-16/h1-8,16H,9-11H2,(H,20,23)(H,21,22). The highest BCUT2D eigenvalue weighted by Crippen LogP contribution is 2.19. The Bertz CT molecular complexity index is 729. The van der Waals surface area contributed by atoms with Crippen molar-refractivity contribution in [2.24, 2.45) is 0 Å². The molecule has 5 nitrogen and oxygen atoms in total. The van der Waals surface area contributed by atoms with Gasteiger partial charge in [0, 0.05) is 17.1 Å². The fourth-order valence-corrected chi connectivity index (χ4v) is 2.55. The second kappa shape index (κ2) is 7.36. The van der Waals surface area contributed by atoms with Crippen LogP contribution in [0.5, 0.6) is 5.75 Å². The van der Waals surface area contributed by atoms with Crippen molar-refractivity contribution in [1.29, 1.82) is 0 Å². The molecule has 2 aromatic rings. The van der Waals surface area contributed by atoms with Crippen molar-refractivity contribution in [3.63, 3.8) is 0 Å². The molecule has 0 aromatic heterocycles. The molecule has 1 aliphatic rings. The third kappa shape index (κ3) is 4.26. The summed E-state index contributed by atoms with van der Waals surface area (Å²) in [4.78, 5) is 23.2. The summed E-state index contributed by atoms with van der Waals surface area (Å²) in [5.74, 6) is 0.425. The van der Waals surface area contributed by atoms with Crippen LogP contribution in [0.4, 0.5) is 5.69 Å². The van der Waals surface area contributed by atoms with Gasteiger partial charge in [-0.15, -0.1) is 0 Å². The van der Waals surface area contributed by atoms with Gasteiger partial charge in [-0.25, -0.2) is 0 Å². The van der Waals surface area contributed by atoms with Crippen LogP contribution in [0.15, 0.2) is 48.5 Å². The first-order valence-electron chi connectivity index (χ1n) is 7.68. The van der Waals surface area contributed by atoms with Crippen LogP contribution in [0, 0.1) is 0 Å². The number of hydrogen-bond acceptors (Lipinski definition) is 3. The van der Waals surface area contributed by atoms with E-state index in [1.54, 1.807) is 24.3 Å². The Balaban J connectivity index is 1.52. The van der Waals surface area contributed by atoms with Crippen LogP contribution in [0.2, 0.25) is 5.02 Å². The van der Waals surface area contributed by atoms with Gasteiger partial charge >= 0.3 is 0 Å². The van der Waals surface area contributed by atoms with Gasteiger partial charge in [-0.2, -0.15) is 0 Å². The first-order chi connectivity index (χ1) is 11.6. The van der Waals surface area contributed by atoms with E-state index in [4.69, 9.17) is 16.3 Å². The molecule has 1 unspecified atom stereocenters. The molecule has 0 spiro atoms. The lowest BCUT2D eigenvalue weighted by atomic mass is 10.2. The summed E-state index contributed by atoms with van der Waals surface area (Å²) in [6.45, 7) is 0.441. The van der Waals surface area contributed by atoms with E-state index in [2.05, 4.69) is 10.6 Å². The van der Waals surface area contributed by atoms with E-state index in [0.717, 1.165) is 5.56 Å². The maximum Gasteiger partial charge on any atom is 0.246 e. The Kier molecular flexibility index (Phi) is 5.01. The second-order valence-corrected chi connectivity index (χ2v) is 6.02. The molecule has 1 saturated heterocycles. The predicted molar refractivity (Wildman–Crippen MR) is 92.0 cm³/mol. The molecule has 24 heavy (non-hydrogen) atoms. The molecule has 124 valence electrons. The van der Waals surface area contributed by atoms with E-state index in [0.29, 0.717) is 35.9 Å². The number of rotatable bonds is 5. The van der Waals surface area contributed by atoms with Crippen molar-refractivity contribution < 1.29 is 14.3 Å². The van der Waals surface area contributed by atoms with Gasteiger partial charge in [-0.05, 0) is 48.4 Å². The third-order valence-electron chi connectivity index (χ3n) is 3.75. The van der Waals surface area contributed by atoms with Crippen LogP contribution < -0.4 is 15.4 Å². The van der Waals surface area contributed by atoms with E-state index in [-0.39, 0.29) is 11.8 Å². The van der Waals surface area contributed by atoms with Crippen LogP contribution >= 0.6 is 11.6 Å². The van der Waals surface area contributed by atoms with Crippen molar-refractivity contribution >= 4 is 29.1 Å². The molecule has 1 heterocycles. The molecule has 2 amide bonds. The molecule has 6 heteroatoms. The highest BCUT2D eigenvalue weighted by molar-refractivity contribution is 6.30. The van der Waals surface area contributed by atoms with Gasteiger partial charge in [0.05, 0.1) is 0 Å². The van der Waals surface area contributed by atoms with Crippen molar-refractivity contribution in [3.05, 3.63) is 59.1 Å². The van der Waals surface area contributed by atoms with Gasteiger partial charge in [0.15, 0.2) is 0 Å². The molecule has 3 rings (SSSR count). The zero-order valence-corrected chi connectivity index (χ0v) is 13.7. The minimum absolute atomic E-state index is 0.0823. The zero-order chi connectivity index (χ0) is 16.9. The maximum absolute atomic E-state index is 12.0. The number of anilines is 1. The van der Waals surface area contributed by atoms with E-state index < -0.39 is 6.04 Å². The van der Waals surface area contributed by atoms with E-state index >= 15 is 0 Å². The zero-order valence-electron chi connectivity index (χ0n) is 12.9. The van der Waals surface area contributed by atoms with Crippen molar-refractivity contribution in [2.75, 3.05) is 5.32 Å². The van der Waals surface area contributed by atoms with E-state index in [1.807, 2.05) is 24.3 Å². The van der Waals surface area contributed by atoms with Gasteiger partial charge < -0.3 is 15.4 Å². The monoisotopic (exact) mass is 344 g/mol. The fourth-order valence-electron chi connectivity index (χ4n) is 2.42. The second-order valence-electron chi connectivity index (χ2n) is 5.59. The Morgan fingerprint density at radius 2 is 1.88 bits per heavy atom. The molecule has 1 fully saturated rings. The highest BCUT2D eigenvalue weighted by Gasteiger charge is 2.26. The van der Waals surface area contributed by atoms with Crippen LogP contribution in [0.1, 0.15) is 18.4 Å². The summed E-state index contributed by atoms with van der Waals surface area (Å²) >= 11 is 5.84. The first kappa shape index (κ1) is 16.3. The minimum Gasteiger partial charge on any atom is -0.489 e. The van der Waals surface area contributed by atoms with Gasteiger partial charge in [-0.1, -0.05) is 23.7 Å². The molecular weight excluding hydrogens is 328 g/mol. The molecule has 2 aromatic carbocycles. The summed E-state index contributed by atoms with van der Waals surface area (Å²) < 4.78 is 5.69. The van der Waals surface area contributed by atoms with Gasteiger partial charge in [-0.3, -0.25) is 9.59 Å². The van der Waals surface area contributed by atoms with Crippen molar-refractivity contribution in [3.8, 4) is 5.75 Å². The smallest absolute Gasteiger partial charge is 0.246 e. The number of amides is 2. The highest BCUT2D eigenvalue weighted by atomic mass is 35.5. The summed E-state index contributed by atoms with van der Waals surface area (Å²) in [5.41, 5.74) is 1.69. The van der Waals surface area contributed by atoms with Crippen LogP contribution in [-0.4, -0.2) is 17.9 Å². The molecule has 0 bridgehead atoms. The average molecular weight is 345 g/mol. The molecule has 2 N–H and O–H groups in total. The lowest BCUT2D eigenvalue weighted by Crippen LogP contribution is -2.37. The van der Waals surface area contributed by atoms with E-state index in [9.17, 15) is 9.59 Å². The minimum atomic E-state index is -0.446. The lowest BCUT2D eigenvalue weighted by Gasteiger charge is -2.12. The number of ether oxygens (including phenoxy) is 1. The fraction of sp³-hybridized carbons (Fsp3) is 0.222. The number of carbonyl (C=O) groups excluding carboxylic acids is 2. The lowest BCUT2D eigenvalue weighted by molar-refractivity contribution is -0.122. The molecule has 1 aliphatic heterocycles. The van der Waals surface area contributed by atoms with Crippen LogP contribution in [0.25, 0.3) is 0 Å². The van der Waals surface area contributed by atoms with Crippen LogP contribution in [-0.2, 0) is 16.2 Å². The summed E-state index contributed by atoms with van der Waals surface area (Å²) in [5, 5.41) is 6.12. The summed E-state index contributed by atoms with van der Waals surface area (Å²) in [6.07, 6.45) is 0.933. The summed E-state index contributed by atoms with van der Waals surface area (Å²) in [6, 6.07) is 14.1. The topological polar surface area (TPSA) is 67.4 Å². The SMILES string of the molecule is O=C1CCC(C(=O)Nc2ccc(OCc3ccc(Cl)cc3)cc2)N1. The normalized spacial score (nSPS) is 16.5. The molecule has 1 atom stereocenters. The van der Waals surface area contributed by atoms with Gasteiger partial charge in [0.1, 0.15) is 18.4 Å². The Morgan fingerprint density at radius 3 is 2.50 bits per heavy atom. The number of hydrogen-bond donors (Lipinski definition) is 2. The first-order valence-corrected chi connectivity index (χ1v) is 8.05. The quantitative estimate of drug-likeness (QED) is 0.875. The molecule has 0 aliphatic carbocycles. The molecular formula is C18H17ClN2O3. The number of carbonyl (C=O) groups is 2. The van der Waals surface area contributed by atoms with Crippen molar-refractivity contribution in [2.45, 2.75) is 25.5 Å². The largest absolute Gasteiger partial charge is 0.489 e. The number of benzene rings is 2. The Labute approximate surface area is 145 Å². The molecule has 0 saturated carbocycles. The Hall–Kier alpha value is -2.53. The third-order valence-corrected chi connectivity index (χ3v) is 4.00. The van der Waals surface area contributed by atoms with E-state index in [1.165, 1.54) is 0 Å². The maximum atomic E-state index is 12.0. The average Bonchev–Trinajstić information content (AvgIpc) is 3.02. The predicted octanol–water partition coefficient (Wildman–Crippen LogP) is 3.14. The van der Waals surface area contributed by atoms with Gasteiger partial charge in [0.2, 0.25) is 11.8 Å².